The number of piperazine rings is 1. The number of likely N-dealkylation sites (N-methyl/N-ethyl adjacent to an activating group) is 1. The molecule has 0 atom stereocenters. The monoisotopic (exact) mass is 560 g/mol. The van der Waals surface area contributed by atoms with Gasteiger partial charge in [-0.2, -0.15) is 0 Å². The zero-order valence-electron chi connectivity index (χ0n) is 23.8. The molecule has 5 aromatic rings. The number of rotatable bonds is 7. The predicted octanol–water partition coefficient (Wildman–Crippen LogP) is 4.00. The van der Waals surface area contributed by atoms with Crippen LogP contribution in [0.4, 0.5) is 5.69 Å². The van der Waals surface area contributed by atoms with Crippen molar-refractivity contribution >= 4 is 16.7 Å². The number of ether oxygens (including phenoxy) is 1. The summed E-state index contributed by atoms with van der Waals surface area (Å²) < 4.78 is 7.26. The second kappa shape index (κ2) is 10.9. The van der Waals surface area contributed by atoms with Crippen LogP contribution >= 0.6 is 0 Å². The molecule has 0 bridgehead atoms. The van der Waals surface area contributed by atoms with Gasteiger partial charge in [-0.3, -0.25) is 14.3 Å². The second-order valence-electron chi connectivity index (χ2n) is 11.0. The summed E-state index contributed by atoms with van der Waals surface area (Å²) in [4.78, 5) is 41.0. The van der Waals surface area contributed by atoms with Crippen LogP contribution in [0, 0.1) is 0 Å². The van der Waals surface area contributed by atoms with E-state index in [4.69, 9.17) is 14.7 Å². The Morgan fingerprint density at radius 3 is 2.50 bits per heavy atom. The van der Waals surface area contributed by atoms with Crippen molar-refractivity contribution in [2.45, 2.75) is 25.3 Å². The third-order valence-corrected chi connectivity index (χ3v) is 8.14. The molecule has 10 nitrogen and oxygen atoms in total. The maximum absolute atomic E-state index is 13.2. The third-order valence-electron chi connectivity index (χ3n) is 8.14. The number of fused-ring (bicyclic) bond motifs is 1. The first-order chi connectivity index (χ1) is 20.6. The minimum Gasteiger partial charge on any atom is -0.480 e. The number of anilines is 1. The van der Waals surface area contributed by atoms with Crippen molar-refractivity contribution in [3.63, 3.8) is 0 Å². The van der Waals surface area contributed by atoms with Crippen molar-refractivity contribution in [2.24, 2.45) is 0 Å². The maximum Gasteiger partial charge on any atom is 0.252 e. The number of aromatic nitrogens is 6. The Labute approximate surface area is 243 Å². The van der Waals surface area contributed by atoms with Crippen LogP contribution in [-0.2, 0) is 6.54 Å². The van der Waals surface area contributed by atoms with Crippen molar-refractivity contribution in [3.8, 4) is 28.5 Å². The lowest BCUT2D eigenvalue weighted by Crippen LogP contribution is -2.44. The quantitative estimate of drug-likeness (QED) is 0.292. The lowest BCUT2D eigenvalue weighted by molar-refractivity contribution is 0.313. The van der Waals surface area contributed by atoms with Crippen LogP contribution in [0.15, 0.2) is 72.0 Å². The fourth-order valence-corrected chi connectivity index (χ4v) is 5.63. The van der Waals surface area contributed by atoms with E-state index in [-0.39, 0.29) is 5.56 Å². The molecule has 0 unspecified atom stereocenters. The van der Waals surface area contributed by atoms with E-state index in [9.17, 15) is 4.79 Å². The summed E-state index contributed by atoms with van der Waals surface area (Å²) in [6.45, 7) is 4.39. The van der Waals surface area contributed by atoms with E-state index in [1.165, 1.54) is 6.33 Å². The Kier molecular flexibility index (Phi) is 6.83. The van der Waals surface area contributed by atoms with Crippen molar-refractivity contribution in [1.29, 1.82) is 0 Å². The Hall–Kier alpha value is -4.70. The zero-order chi connectivity index (χ0) is 28.6. The summed E-state index contributed by atoms with van der Waals surface area (Å²) in [6, 6.07) is 15.8. The van der Waals surface area contributed by atoms with Gasteiger partial charge in [-0.1, -0.05) is 24.3 Å². The van der Waals surface area contributed by atoms with Crippen LogP contribution in [0.2, 0.25) is 0 Å². The summed E-state index contributed by atoms with van der Waals surface area (Å²) in [5.74, 6) is 1.25. The summed E-state index contributed by atoms with van der Waals surface area (Å²) in [5, 5.41) is 0.782. The number of benzene rings is 1. The fourth-order valence-electron chi connectivity index (χ4n) is 5.63. The number of hydrogen-bond acceptors (Lipinski definition) is 9. The van der Waals surface area contributed by atoms with Crippen LogP contribution in [0.1, 0.15) is 30.0 Å². The van der Waals surface area contributed by atoms with Gasteiger partial charge < -0.3 is 14.5 Å². The highest BCUT2D eigenvalue weighted by Crippen LogP contribution is 2.44. The Bertz CT molecular complexity index is 1810. The molecule has 1 saturated heterocycles. The molecule has 4 aromatic heterocycles. The molecule has 5 heterocycles. The van der Waals surface area contributed by atoms with Crippen LogP contribution < -0.4 is 15.2 Å². The van der Waals surface area contributed by atoms with Crippen LogP contribution in [0.25, 0.3) is 33.7 Å². The molecule has 212 valence electrons. The van der Waals surface area contributed by atoms with Crippen LogP contribution in [0.5, 0.6) is 5.88 Å². The maximum atomic E-state index is 13.2. The first kappa shape index (κ1) is 26.2. The Morgan fingerprint density at radius 1 is 0.929 bits per heavy atom. The highest BCUT2D eigenvalue weighted by molar-refractivity contribution is 5.78. The van der Waals surface area contributed by atoms with Gasteiger partial charge in [0.2, 0.25) is 5.88 Å². The summed E-state index contributed by atoms with van der Waals surface area (Å²) in [5.41, 5.74) is 6.19. The van der Waals surface area contributed by atoms with Gasteiger partial charge in [-0.15, -0.1) is 0 Å². The SMILES string of the molecule is COc1ncnc(C2CC2)c1-c1ncc2ccc(=O)n(Cc3ccc(-c4ncccc4N4CCN(C)CC4)cc3)c2n1. The minimum absolute atomic E-state index is 0.128. The van der Waals surface area contributed by atoms with Crippen molar-refractivity contribution in [2.75, 3.05) is 45.2 Å². The molecule has 1 aliphatic heterocycles. The standard InChI is InChI=1S/C32H32N8O2/c1-38-14-16-39(17-15-38)25-4-3-13-33-28(25)22-7-5-21(6-8-22)19-40-26(41)12-11-24-18-34-30(37-31(24)40)27-29(23-9-10-23)35-20-36-32(27)42-2/h3-8,11-13,18,20,23H,9-10,14-17,19H2,1-2H3. The van der Waals surface area contributed by atoms with Gasteiger partial charge in [0.25, 0.3) is 5.56 Å². The molecule has 0 amide bonds. The third kappa shape index (κ3) is 4.98. The van der Waals surface area contributed by atoms with Gasteiger partial charge in [-0.25, -0.2) is 19.9 Å². The first-order valence-electron chi connectivity index (χ1n) is 14.3. The lowest BCUT2D eigenvalue weighted by atomic mass is 10.1. The van der Waals surface area contributed by atoms with E-state index < -0.39 is 0 Å². The Balaban J connectivity index is 1.22. The van der Waals surface area contributed by atoms with Gasteiger partial charge >= 0.3 is 0 Å². The van der Waals surface area contributed by atoms with E-state index in [1.54, 1.807) is 30.0 Å². The molecular formula is C32H32N8O2. The van der Waals surface area contributed by atoms with Gasteiger partial charge in [0.15, 0.2) is 5.82 Å². The van der Waals surface area contributed by atoms with Crippen LogP contribution in [0.3, 0.4) is 0 Å². The van der Waals surface area contributed by atoms with E-state index >= 15 is 0 Å². The summed E-state index contributed by atoms with van der Waals surface area (Å²) in [7, 11) is 3.74. The smallest absolute Gasteiger partial charge is 0.252 e. The summed E-state index contributed by atoms with van der Waals surface area (Å²) >= 11 is 0. The first-order valence-corrected chi connectivity index (χ1v) is 14.3. The lowest BCUT2D eigenvalue weighted by Gasteiger charge is -2.34. The van der Waals surface area contributed by atoms with E-state index in [1.807, 2.05) is 12.3 Å². The average Bonchev–Trinajstić information content (AvgIpc) is 3.88. The Morgan fingerprint density at radius 2 is 1.74 bits per heavy atom. The molecule has 1 aromatic carbocycles. The fraction of sp³-hybridized carbons (Fsp3) is 0.312. The van der Waals surface area contributed by atoms with Gasteiger partial charge in [0, 0.05) is 61.5 Å². The van der Waals surface area contributed by atoms with Crippen LogP contribution in [-0.4, -0.2) is 74.7 Å². The predicted molar refractivity (Wildman–Crippen MR) is 162 cm³/mol. The van der Waals surface area contributed by atoms with Crippen molar-refractivity contribution < 1.29 is 4.74 Å². The number of nitrogens with zero attached hydrogens (tertiary/aromatic N) is 8. The summed E-state index contributed by atoms with van der Waals surface area (Å²) in [6.07, 6.45) is 7.25. The molecule has 1 aliphatic carbocycles. The highest BCUT2D eigenvalue weighted by atomic mass is 16.5. The van der Waals surface area contributed by atoms with E-state index in [2.05, 4.69) is 62.1 Å². The highest BCUT2D eigenvalue weighted by Gasteiger charge is 2.31. The molecule has 42 heavy (non-hydrogen) atoms. The van der Waals surface area contributed by atoms with Gasteiger partial charge in [0.05, 0.1) is 30.7 Å². The molecule has 0 spiro atoms. The molecule has 7 rings (SSSR count). The molecule has 2 fully saturated rings. The molecule has 0 radical (unpaired) electrons. The van der Waals surface area contributed by atoms with Crippen molar-refractivity contribution in [1.82, 2.24) is 34.4 Å². The number of methoxy groups -OCH3 is 1. The van der Waals surface area contributed by atoms with E-state index in [0.29, 0.717) is 35.4 Å². The molecule has 0 N–H and O–H groups in total. The topological polar surface area (TPSA) is 102 Å². The molecule has 10 heteroatoms. The van der Waals surface area contributed by atoms with Gasteiger partial charge in [0.1, 0.15) is 17.5 Å². The number of hydrogen-bond donors (Lipinski definition) is 0. The molecule has 1 saturated carbocycles. The average molecular weight is 561 g/mol. The molecular weight excluding hydrogens is 528 g/mol. The largest absolute Gasteiger partial charge is 0.480 e. The minimum atomic E-state index is -0.128. The zero-order valence-corrected chi connectivity index (χ0v) is 23.8. The number of pyridine rings is 2. The normalized spacial score (nSPS) is 15.7. The van der Waals surface area contributed by atoms with Gasteiger partial charge in [-0.05, 0) is 43.7 Å². The van der Waals surface area contributed by atoms with Crippen molar-refractivity contribution in [3.05, 3.63) is 88.9 Å². The molecule has 2 aliphatic rings. The van der Waals surface area contributed by atoms with E-state index in [0.717, 1.165) is 72.6 Å². The second-order valence-corrected chi connectivity index (χ2v) is 11.0.